The highest BCUT2D eigenvalue weighted by molar-refractivity contribution is 5.98. The zero-order chi connectivity index (χ0) is 27.9. The van der Waals surface area contributed by atoms with E-state index in [-0.39, 0.29) is 11.5 Å². The van der Waals surface area contributed by atoms with Crippen molar-refractivity contribution in [1.29, 1.82) is 5.26 Å². The lowest BCUT2D eigenvalue weighted by Gasteiger charge is -2.23. The number of aliphatic hydroxyl groups excluding tert-OH is 1. The fraction of sp³-hybridized carbons (Fsp3) is 0.379. The van der Waals surface area contributed by atoms with Crippen molar-refractivity contribution < 1.29 is 10.9 Å². The summed E-state index contributed by atoms with van der Waals surface area (Å²) < 4.78 is 25.2. The van der Waals surface area contributed by atoms with Gasteiger partial charge in [0.1, 0.15) is 17.6 Å². The number of aromatic nitrogens is 4. The maximum atomic E-state index is 13.8. The monoisotopic (exact) mass is 514 g/mol. The Morgan fingerprint density at radius 3 is 2.63 bits per heavy atom. The quantitative estimate of drug-likeness (QED) is 0.269. The summed E-state index contributed by atoms with van der Waals surface area (Å²) >= 11 is 0. The standard InChI is InChI=1S/C29H32FN7O/c1-17(38)23-11-21(12-24-26(33-16-29(2,3)4)19(13-31)14-32-28(23)24)34-27(18-5-7-20(30)8-6-18)25-15-37(36-35-25)22-9-10-22/h5-8,11-12,14-15,17,22,27,34,38H,9-10,16H2,1-4H3,(H,32,33)/t17?,27-/m1/s1/i27D. The lowest BCUT2D eigenvalue weighted by atomic mass is 9.96. The smallest absolute Gasteiger partial charge is 0.123 e. The van der Waals surface area contributed by atoms with E-state index in [4.69, 9.17) is 0 Å². The zero-order valence-corrected chi connectivity index (χ0v) is 22.0. The highest BCUT2D eigenvalue weighted by Gasteiger charge is 2.27. The number of nitriles is 1. The predicted molar refractivity (Wildman–Crippen MR) is 145 cm³/mol. The second kappa shape index (κ2) is 10.0. The molecule has 1 aliphatic rings. The lowest BCUT2D eigenvalue weighted by molar-refractivity contribution is 0.200. The number of hydrogen-bond donors (Lipinski definition) is 3. The summed E-state index contributed by atoms with van der Waals surface area (Å²) in [5.41, 5.74) is 3.37. The van der Waals surface area contributed by atoms with Crippen LogP contribution in [0.2, 0.25) is 0 Å². The van der Waals surface area contributed by atoms with E-state index in [2.05, 4.69) is 52.8 Å². The van der Waals surface area contributed by atoms with Gasteiger partial charge in [-0.25, -0.2) is 9.07 Å². The molecule has 2 atom stereocenters. The van der Waals surface area contributed by atoms with Crippen molar-refractivity contribution in [3.8, 4) is 6.07 Å². The van der Waals surface area contributed by atoms with Crippen molar-refractivity contribution in [2.45, 2.75) is 58.7 Å². The Labute approximate surface area is 222 Å². The number of rotatable bonds is 8. The van der Waals surface area contributed by atoms with Crippen LogP contribution in [0.4, 0.5) is 15.8 Å². The van der Waals surface area contributed by atoms with Crippen LogP contribution in [0.5, 0.6) is 0 Å². The van der Waals surface area contributed by atoms with Gasteiger partial charge in [-0.3, -0.25) is 4.98 Å². The molecule has 196 valence electrons. The van der Waals surface area contributed by atoms with Crippen molar-refractivity contribution in [3.05, 3.63) is 77.0 Å². The van der Waals surface area contributed by atoms with Crippen LogP contribution in [0.25, 0.3) is 10.9 Å². The molecular weight excluding hydrogens is 481 g/mol. The molecule has 0 bridgehead atoms. The Balaban J connectivity index is 1.67. The maximum Gasteiger partial charge on any atom is 0.123 e. The fourth-order valence-corrected chi connectivity index (χ4v) is 4.30. The molecule has 38 heavy (non-hydrogen) atoms. The van der Waals surface area contributed by atoms with Gasteiger partial charge >= 0.3 is 0 Å². The van der Waals surface area contributed by atoms with Crippen molar-refractivity contribution in [1.82, 2.24) is 20.0 Å². The lowest BCUT2D eigenvalue weighted by Crippen LogP contribution is -2.20. The Morgan fingerprint density at radius 2 is 2.00 bits per heavy atom. The van der Waals surface area contributed by atoms with E-state index < -0.39 is 17.9 Å². The van der Waals surface area contributed by atoms with Gasteiger partial charge in [0.15, 0.2) is 0 Å². The molecular formula is C29H32FN7O. The average Bonchev–Trinajstić information content (AvgIpc) is 3.62. The number of nitrogens with zero attached hydrogens (tertiary/aromatic N) is 5. The molecule has 4 aromatic rings. The van der Waals surface area contributed by atoms with Crippen LogP contribution in [-0.2, 0) is 0 Å². The van der Waals surface area contributed by atoms with E-state index in [1.807, 2.05) is 6.07 Å². The molecule has 0 aliphatic heterocycles. The molecule has 2 heterocycles. The van der Waals surface area contributed by atoms with Crippen LogP contribution in [0.15, 0.2) is 48.8 Å². The first-order chi connectivity index (χ1) is 18.5. The molecule has 8 nitrogen and oxygen atoms in total. The Morgan fingerprint density at radius 1 is 1.26 bits per heavy atom. The van der Waals surface area contributed by atoms with Crippen LogP contribution in [0.1, 0.15) is 82.5 Å². The molecule has 1 aliphatic carbocycles. The molecule has 0 saturated heterocycles. The SMILES string of the molecule is [2H][C@@](Nc1cc(C(C)O)c2ncc(C#N)c(NCC(C)(C)C)c2c1)(c1ccc(F)cc1)c1cn(C2CC2)nn1. The van der Waals surface area contributed by atoms with Gasteiger partial charge in [-0.1, -0.05) is 38.1 Å². The molecule has 3 N–H and O–H groups in total. The number of fused-ring (bicyclic) bond motifs is 1. The largest absolute Gasteiger partial charge is 0.389 e. The Bertz CT molecular complexity index is 1550. The topological polar surface area (TPSA) is 112 Å². The second-order valence-corrected chi connectivity index (χ2v) is 11.0. The van der Waals surface area contributed by atoms with Crippen molar-refractivity contribution in [3.63, 3.8) is 0 Å². The highest BCUT2D eigenvalue weighted by Crippen LogP contribution is 2.37. The minimum absolute atomic E-state index is 0.0580. The molecule has 1 saturated carbocycles. The van der Waals surface area contributed by atoms with Gasteiger partial charge in [0.05, 0.1) is 42.5 Å². The third-order valence-corrected chi connectivity index (χ3v) is 6.46. The van der Waals surface area contributed by atoms with Crippen molar-refractivity contribution in [2.75, 3.05) is 17.2 Å². The van der Waals surface area contributed by atoms with Crippen molar-refractivity contribution in [2.24, 2.45) is 5.41 Å². The van der Waals surface area contributed by atoms with Gasteiger partial charge in [0, 0.05) is 29.4 Å². The third-order valence-electron chi connectivity index (χ3n) is 6.46. The molecule has 5 rings (SSSR count). The summed E-state index contributed by atoms with van der Waals surface area (Å²) in [5.74, 6) is -0.408. The van der Waals surface area contributed by atoms with Gasteiger partial charge in [-0.2, -0.15) is 5.26 Å². The van der Waals surface area contributed by atoms with E-state index in [1.165, 1.54) is 18.3 Å². The Hall–Kier alpha value is -4.03. The highest BCUT2D eigenvalue weighted by atomic mass is 19.1. The second-order valence-electron chi connectivity index (χ2n) is 11.0. The fourth-order valence-electron chi connectivity index (χ4n) is 4.30. The first-order valence-electron chi connectivity index (χ1n) is 13.2. The summed E-state index contributed by atoms with van der Waals surface area (Å²) in [4.78, 5) is 4.51. The van der Waals surface area contributed by atoms with Gasteiger partial charge in [0.25, 0.3) is 0 Å². The molecule has 0 radical (unpaired) electrons. The number of hydrogen-bond acceptors (Lipinski definition) is 7. The minimum Gasteiger partial charge on any atom is -0.389 e. The summed E-state index contributed by atoms with van der Waals surface area (Å²) in [6.45, 7) is 8.53. The molecule has 2 aromatic heterocycles. The van der Waals surface area contributed by atoms with Gasteiger partial charge in [-0.05, 0) is 55.0 Å². The molecule has 1 fully saturated rings. The van der Waals surface area contributed by atoms with E-state index in [1.54, 1.807) is 36.0 Å². The third kappa shape index (κ3) is 5.46. The van der Waals surface area contributed by atoms with E-state index in [0.29, 0.717) is 51.2 Å². The van der Waals surface area contributed by atoms with Crippen LogP contribution in [0.3, 0.4) is 0 Å². The normalized spacial score (nSPS) is 16.4. The number of nitrogens with one attached hydrogen (secondary N) is 2. The van der Waals surface area contributed by atoms with E-state index in [0.717, 1.165) is 12.8 Å². The predicted octanol–water partition coefficient (Wildman–Crippen LogP) is 5.88. The van der Waals surface area contributed by atoms with Gasteiger partial charge in [-0.15, -0.1) is 5.10 Å². The van der Waals surface area contributed by atoms with Crippen LogP contribution in [-0.4, -0.2) is 31.6 Å². The molecule has 1 unspecified atom stereocenters. The minimum atomic E-state index is -1.62. The summed E-state index contributed by atoms with van der Waals surface area (Å²) in [6.07, 6.45) is 4.42. The summed E-state index contributed by atoms with van der Waals surface area (Å²) in [5, 5.41) is 36.4. The number of halogens is 1. The number of anilines is 2. The van der Waals surface area contributed by atoms with Crippen LogP contribution < -0.4 is 10.6 Å². The average molecular weight is 515 g/mol. The molecule has 9 heteroatoms. The first kappa shape index (κ1) is 24.3. The summed E-state index contributed by atoms with van der Waals surface area (Å²) in [7, 11) is 0. The molecule has 2 aromatic carbocycles. The van der Waals surface area contributed by atoms with Gasteiger partial charge < -0.3 is 15.7 Å². The number of pyridine rings is 1. The zero-order valence-electron chi connectivity index (χ0n) is 23.0. The first-order valence-corrected chi connectivity index (χ1v) is 12.7. The van der Waals surface area contributed by atoms with Crippen LogP contribution in [0, 0.1) is 22.6 Å². The van der Waals surface area contributed by atoms with Gasteiger partial charge in [0.2, 0.25) is 0 Å². The summed E-state index contributed by atoms with van der Waals surface area (Å²) in [6, 6.07) is 10.2. The van der Waals surface area contributed by atoms with E-state index in [9.17, 15) is 16.1 Å². The number of aliphatic hydroxyl groups is 1. The van der Waals surface area contributed by atoms with Crippen LogP contribution >= 0.6 is 0 Å². The molecule has 0 amide bonds. The Kier molecular flexibility index (Phi) is 6.42. The maximum absolute atomic E-state index is 13.8. The van der Waals surface area contributed by atoms with Crippen molar-refractivity contribution >= 4 is 22.3 Å². The number of benzene rings is 2. The van der Waals surface area contributed by atoms with E-state index >= 15 is 0 Å². The molecule has 0 spiro atoms.